The van der Waals surface area contributed by atoms with Gasteiger partial charge in [0.1, 0.15) is 5.82 Å². The molecular weight excluding hydrogens is 250 g/mol. The molecular formula is C15H11N5. The second-order valence-electron chi connectivity index (χ2n) is 4.54. The summed E-state index contributed by atoms with van der Waals surface area (Å²) in [6, 6.07) is 13.9. The number of nitrogens with zero attached hydrogens (tertiary/aromatic N) is 3. The highest BCUT2D eigenvalue weighted by molar-refractivity contribution is 5.92. The molecule has 2 aromatic carbocycles. The van der Waals surface area contributed by atoms with Gasteiger partial charge in [-0.1, -0.05) is 18.2 Å². The molecule has 0 saturated carbocycles. The summed E-state index contributed by atoms with van der Waals surface area (Å²) in [5.74, 6) is 0.725. The Hall–Kier alpha value is -2.95. The normalized spacial score (nSPS) is 11.0. The molecule has 0 amide bonds. The van der Waals surface area contributed by atoms with Gasteiger partial charge >= 0.3 is 0 Å². The molecule has 2 aromatic heterocycles. The molecule has 0 bridgehead atoms. The van der Waals surface area contributed by atoms with Crippen molar-refractivity contribution in [2.75, 3.05) is 5.32 Å². The van der Waals surface area contributed by atoms with E-state index in [0.717, 1.165) is 33.4 Å². The zero-order valence-electron chi connectivity index (χ0n) is 10.5. The lowest BCUT2D eigenvalue weighted by atomic mass is 10.2. The Morgan fingerprint density at radius 3 is 2.75 bits per heavy atom. The Kier molecular flexibility index (Phi) is 2.35. The average molecular weight is 261 g/mol. The zero-order chi connectivity index (χ0) is 13.4. The van der Waals surface area contributed by atoms with E-state index < -0.39 is 0 Å². The van der Waals surface area contributed by atoms with Crippen molar-refractivity contribution in [3.05, 3.63) is 54.9 Å². The molecule has 0 fully saturated rings. The number of H-pyrrole nitrogens is 1. The lowest BCUT2D eigenvalue weighted by Gasteiger charge is -2.05. The molecule has 20 heavy (non-hydrogen) atoms. The van der Waals surface area contributed by atoms with Crippen LogP contribution in [0.25, 0.3) is 21.9 Å². The molecule has 0 atom stereocenters. The minimum atomic E-state index is 0.725. The summed E-state index contributed by atoms with van der Waals surface area (Å²) < 4.78 is 0. The Morgan fingerprint density at radius 1 is 0.950 bits per heavy atom. The summed E-state index contributed by atoms with van der Waals surface area (Å²) in [6.45, 7) is 0. The van der Waals surface area contributed by atoms with Crippen molar-refractivity contribution in [1.82, 2.24) is 20.2 Å². The van der Waals surface area contributed by atoms with Crippen molar-refractivity contribution in [3.8, 4) is 0 Å². The first-order chi connectivity index (χ1) is 9.88. The molecule has 4 aromatic rings. The number of aromatic amines is 1. The van der Waals surface area contributed by atoms with Gasteiger partial charge in [0.05, 0.1) is 28.9 Å². The van der Waals surface area contributed by atoms with Gasteiger partial charge in [0.2, 0.25) is 0 Å². The van der Waals surface area contributed by atoms with Crippen LogP contribution in [-0.2, 0) is 0 Å². The van der Waals surface area contributed by atoms with Gasteiger partial charge in [0.15, 0.2) is 0 Å². The minimum Gasteiger partial charge on any atom is -0.339 e. The molecule has 0 aliphatic carbocycles. The van der Waals surface area contributed by atoms with Gasteiger partial charge < -0.3 is 5.32 Å². The van der Waals surface area contributed by atoms with Crippen LogP contribution in [0.2, 0.25) is 0 Å². The molecule has 5 nitrogen and oxygen atoms in total. The third-order valence-corrected chi connectivity index (χ3v) is 3.15. The number of fused-ring (bicyclic) bond motifs is 2. The van der Waals surface area contributed by atoms with Crippen LogP contribution in [0.5, 0.6) is 0 Å². The van der Waals surface area contributed by atoms with Crippen LogP contribution in [0.1, 0.15) is 0 Å². The number of anilines is 2. The van der Waals surface area contributed by atoms with Crippen LogP contribution in [0.3, 0.4) is 0 Å². The van der Waals surface area contributed by atoms with E-state index in [1.165, 1.54) is 0 Å². The number of benzene rings is 2. The summed E-state index contributed by atoms with van der Waals surface area (Å²) in [4.78, 5) is 9.02. The Balaban J connectivity index is 1.79. The molecule has 2 N–H and O–H groups in total. The lowest BCUT2D eigenvalue weighted by Crippen LogP contribution is -1.95. The van der Waals surface area contributed by atoms with E-state index in [4.69, 9.17) is 0 Å². The monoisotopic (exact) mass is 261 g/mol. The van der Waals surface area contributed by atoms with E-state index >= 15 is 0 Å². The number of nitrogens with one attached hydrogen (secondary N) is 2. The maximum atomic E-state index is 4.58. The van der Waals surface area contributed by atoms with Gasteiger partial charge in [-0.15, -0.1) is 0 Å². The molecule has 0 radical (unpaired) electrons. The summed E-state index contributed by atoms with van der Waals surface area (Å²) in [6.07, 6.45) is 3.52. The minimum absolute atomic E-state index is 0.725. The van der Waals surface area contributed by atoms with Crippen molar-refractivity contribution in [3.63, 3.8) is 0 Å². The average Bonchev–Trinajstić information content (AvgIpc) is 2.93. The molecule has 4 rings (SSSR count). The fourth-order valence-electron chi connectivity index (χ4n) is 2.18. The second-order valence-corrected chi connectivity index (χ2v) is 4.54. The van der Waals surface area contributed by atoms with E-state index in [0.29, 0.717) is 0 Å². The summed E-state index contributed by atoms with van der Waals surface area (Å²) in [5.41, 5.74) is 3.65. The third kappa shape index (κ3) is 1.85. The smallest absolute Gasteiger partial charge is 0.149 e. The molecule has 0 aliphatic rings. The van der Waals surface area contributed by atoms with E-state index in [2.05, 4.69) is 25.5 Å². The molecule has 0 saturated heterocycles. The molecule has 2 heterocycles. The van der Waals surface area contributed by atoms with E-state index in [9.17, 15) is 0 Å². The van der Waals surface area contributed by atoms with Crippen molar-refractivity contribution < 1.29 is 0 Å². The van der Waals surface area contributed by atoms with Gasteiger partial charge in [0.25, 0.3) is 0 Å². The molecule has 0 aliphatic heterocycles. The summed E-state index contributed by atoms with van der Waals surface area (Å²) in [5, 5.41) is 11.2. The fourth-order valence-corrected chi connectivity index (χ4v) is 2.18. The van der Waals surface area contributed by atoms with Crippen molar-refractivity contribution in [2.24, 2.45) is 0 Å². The van der Waals surface area contributed by atoms with E-state index in [-0.39, 0.29) is 0 Å². The number of para-hydroxylation sites is 1. The number of aromatic nitrogens is 4. The SMILES string of the molecule is c1ccc(Nc2cnc3cc4cn[nH]c4cc3n2)cc1. The lowest BCUT2D eigenvalue weighted by molar-refractivity contribution is 1.12. The fraction of sp³-hybridized carbons (Fsp3) is 0. The number of hydrogen-bond donors (Lipinski definition) is 2. The number of rotatable bonds is 2. The second kappa shape index (κ2) is 4.31. The highest BCUT2D eigenvalue weighted by atomic mass is 15.1. The largest absolute Gasteiger partial charge is 0.339 e. The topological polar surface area (TPSA) is 66.5 Å². The first-order valence-electron chi connectivity index (χ1n) is 6.30. The van der Waals surface area contributed by atoms with Crippen LogP contribution in [0.4, 0.5) is 11.5 Å². The van der Waals surface area contributed by atoms with Crippen molar-refractivity contribution in [2.45, 2.75) is 0 Å². The highest BCUT2D eigenvalue weighted by Crippen LogP contribution is 2.20. The van der Waals surface area contributed by atoms with E-state index in [1.807, 2.05) is 42.5 Å². The number of hydrogen-bond acceptors (Lipinski definition) is 4. The third-order valence-electron chi connectivity index (χ3n) is 3.15. The van der Waals surface area contributed by atoms with Crippen LogP contribution in [-0.4, -0.2) is 20.2 Å². The molecule has 96 valence electrons. The van der Waals surface area contributed by atoms with Crippen LogP contribution in [0, 0.1) is 0 Å². The van der Waals surface area contributed by atoms with Gasteiger partial charge in [-0.25, -0.2) is 4.98 Å². The highest BCUT2D eigenvalue weighted by Gasteiger charge is 2.03. The Labute approximate surface area is 114 Å². The summed E-state index contributed by atoms with van der Waals surface area (Å²) >= 11 is 0. The van der Waals surface area contributed by atoms with Gasteiger partial charge in [-0.3, -0.25) is 10.1 Å². The summed E-state index contributed by atoms with van der Waals surface area (Å²) in [7, 11) is 0. The van der Waals surface area contributed by atoms with Crippen LogP contribution >= 0.6 is 0 Å². The maximum Gasteiger partial charge on any atom is 0.149 e. The predicted molar refractivity (Wildman–Crippen MR) is 78.9 cm³/mol. The van der Waals surface area contributed by atoms with Crippen molar-refractivity contribution in [1.29, 1.82) is 0 Å². The Bertz CT molecular complexity index is 882. The maximum absolute atomic E-state index is 4.58. The standard InChI is InChI=1S/C15H11N5/c1-2-4-11(5-3-1)18-15-9-16-13-6-10-8-17-20-12(10)7-14(13)19-15/h1-9H,(H,17,20)(H,18,19). The van der Waals surface area contributed by atoms with Crippen molar-refractivity contribution >= 4 is 33.4 Å². The molecule has 0 spiro atoms. The quantitative estimate of drug-likeness (QED) is 0.581. The Morgan fingerprint density at radius 2 is 1.85 bits per heavy atom. The molecule has 0 unspecified atom stereocenters. The first kappa shape index (κ1) is 10.9. The van der Waals surface area contributed by atoms with Crippen LogP contribution < -0.4 is 5.32 Å². The first-order valence-corrected chi connectivity index (χ1v) is 6.30. The zero-order valence-corrected chi connectivity index (χ0v) is 10.5. The predicted octanol–water partition coefficient (Wildman–Crippen LogP) is 3.25. The van der Waals surface area contributed by atoms with Crippen LogP contribution in [0.15, 0.2) is 54.9 Å². The van der Waals surface area contributed by atoms with Gasteiger partial charge in [-0.2, -0.15) is 5.10 Å². The van der Waals surface area contributed by atoms with E-state index in [1.54, 1.807) is 12.4 Å². The van der Waals surface area contributed by atoms with Gasteiger partial charge in [-0.05, 0) is 24.3 Å². The molecule has 5 heteroatoms. The van der Waals surface area contributed by atoms with Gasteiger partial charge in [0, 0.05) is 11.1 Å².